The van der Waals surface area contributed by atoms with Gasteiger partial charge >= 0.3 is 0 Å². The summed E-state index contributed by atoms with van der Waals surface area (Å²) in [6, 6.07) is 2.18. The zero-order valence-corrected chi connectivity index (χ0v) is 8.96. The Hall–Kier alpha value is -0.590. The largest absolute Gasteiger partial charge is 0.350 e. The number of ether oxygens (including phenoxy) is 2. The lowest BCUT2D eigenvalue weighted by atomic mass is 10.0. The zero-order chi connectivity index (χ0) is 10.3. The Kier molecular flexibility index (Phi) is 5.68. The van der Waals surface area contributed by atoms with Crippen LogP contribution in [0.15, 0.2) is 0 Å². The van der Waals surface area contributed by atoms with E-state index in [1.54, 1.807) is 0 Å². The van der Waals surface area contributed by atoms with E-state index < -0.39 is 5.79 Å². The third kappa shape index (κ3) is 4.87. The molecule has 0 amide bonds. The van der Waals surface area contributed by atoms with Crippen molar-refractivity contribution in [2.75, 3.05) is 13.2 Å². The Balaban J connectivity index is 4.15. The van der Waals surface area contributed by atoms with Crippen LogP contribution in [-0.2, 0) is 9.47 Å². The highest BCUT2D eigenvalue weighted by atomic mass is 16.7. The van der Waals surface area contributed by atoms with E-state index in [0.29, 0.717) is 19.6 Å². The van der Waals surface area contributed by atoms with Crippen LogP contribution in [0.4, 0.5) is 0 Å². The van der Waals surface area contributed by atoms with Crippen molar-refractivity contribution in [2.45, 2.75) is 39.9 Å². The summed E-state index contributed by atoms with van der Waals surface area (Å²) < 4.78 is 10.9. The van der Waals surface area contributed by atoms with Crippen LogP contribution in [0.3, 0.4) is 0 Å². The third-order valence-electron chi connectivity index (χ3n) is 1.80. The predicted octanol–water partition coefficient (Wildman–Crippen LogP) is 2.33. The van der Waals surface area contributed by atoms with E-state index in [4.69, 9.17) is 14.7 Å². The topological polar surface area (TPSA) is 42.2 Å². The number of hydrogen-bond acceptors (Lipinski definition) is 3. The summed E-state index contributed by atoms with van der Waals surface area (Å²) in [6.45, 7) is 8.82. The molecule has 3 nitrogen and oxygen atoms in total. The zero-order valence-electron chi connectivity index (χ0n) is 8.96. The number of rotatable bonds is 6. The van der Waals surface area contributed by atoms with E-state index in [2.05, 4.69) is 6.07 Å². The molecule has 76 valence electrons. The first-order valence-corrected chi connectivity index (χ1v) is 4.75. The van der Waals surface area contributed by atoms with Crippen LogP contribution >= 0.6 is 0 Å². The average Bonchev–Trinajstić information content (AvgIpc) is 2.04. The summed E-state index contributed by atoms with van der Waals surface area (Å²) >= 11 is 0. The van der Waals surface area contributed by atoms with Gasteiger partial charge in [-0.1, -0.05) is 0 Å². The van der Waals surface area contributed by atoms with Gasteiger partial charge in [-0.15, -0.1) is 0 Å². The lowest BCUT2D eigenvalue weighted by Crippen LogP contribution is -2.34. The summed E-state index contributed by atoms with van der Waals surface area (Å²) in [5.41, 5.74) is 0. The maximum Gasteiger partial charge on any atom is 0.166 e. The van der Waals surface area contributed by atoms with Crippen LogP contribution in [0.1, 0.15) is 34.1 Å². The van der Waals surface area contributed by atoms with E-state index in [9.17, 15) is 0 Å². The van der Waals surface area contributed by atoms with Gasteiger partial charge in [0.2, 0.25) is 0 Å². The van der Waals surface area contributed by atoms with Crippen LogP contribution in [0.2, 0.25) is 0 Å². The molecule has 0 aliphatic heterocycles. The number of hydrogen-bond donors (Lipinski definition) is 0. The minimum absolute atomic E-state index is 0.0388. The van der Waals surface area contributed by atoms with Gasteiger partial charge in [-0.05, 0) is 27.7 Å². The SMILES string of the molecule is CCOC(C)(CC(C)C#N)OCC. The van der Waals surface area contributed by atoms with Gasteiger partial charge in [0.15, 0.2) is 5.79 Å². The average molecular weight is 185 g/mol. The molecule has 0 spiro atoms. The van der Waals surface area contributed by atoms with Gasteiger partial charge in [-0.2, -0.15) is 5.26 Å². The fourth-order valence-corrected chi connectivity index (χ4v) is 1.37. The monoisotopic (exact) mass is 185 g/mol. The predicted molar refractivity (Wildman–Crippen MR) is 51.1 cm³/mol. The lowest BCUT2D eigenvalue weighted by Gasteiger charge is -2.29. The fourth-order valence-electron chi connectivity index (χ4n) is 1.37. The van der Waals surface area contributed by atoms with Gasteiger partial charge in [-0.3, -0.25) is 0 Å². The lowest BCUT2D eigenvalue weighted by molar-refractivity contribution is -0.227. The minimum Gasteiger partial charge on any atom is -0.350 e. The molecule has 1 atom stereocenters. The second kappa shape index (κ2) is 5.95. The molecular weight excluding hydrogens is 166 g/mol. The molecule has 3 heteroatoms. The van der Waals surface area contributed by atoms with Crippen molar-refractivity contribution in [1.82, 2.24) is 0 Å². The molecule has 0 saturated heterocycles. The van der Waals surface area contributed by atoms with Crippen molar-refractivity contribution in [3.05, 3.63) is 0 Å². The molecule has 0 aliphatic rings. The molecule has 0 fully saturated rings. The highest BCUT2D eigenvalue weighted by Crippen LogP contribution is 2.22. The number of nitriles is 1. The van der Waals surface area contributed by atoms with Crippen molar-refractivity contribution in [3.63, 3.8) is 0 Å². The standard InChI is InChI=1S/C10H19NO2/c1-5-12-10(4,13-6-2)7-9(3)8-11/h9H,5-7H2,1-4H3. The first kappa shape index (κ1) is 12.4. The fraction of sp³-hybridized carbons (Fsp3) is 0.900. The molecule has 0 aromatic rings. The highest BCUT2D eigenvalue weighted by molar-refractivity contribution is 4.83. The Morgan fingerprint density at radius 1 is 1.31 bits per heavy atom. The summed E-state index contributed by atoms with van der Waals surface area (Å²) in [5, 5.41) is 8.67. The van der Waals surface area contributed by atoms with E-state index >= 15 is 0 Å². The maximum atomic E-state index is 8.67. The van der Waals surface area contributed by atoms with Crippen molar-refractivity contribution in [3.8, 4) is 6.07 Å². The normalized spacial score (nSPS) is 13.8. The molecule has 0 bridgehead atoms. The van der Waals surface area contributed by atoms with E-state index in [1.807, 2.05) is 27.7 Å². The third-order valence-corrected chi connectivity index (χ3v) is 1.80. The summed E-state index contributed by atoms with van der Waals surface area (Å²) in [4.78, 5) is 0. The Morgan fingerprint density at radius 2 is 1.77 bits per heavy atom. The van der Waals surface area contributed by atoms with Gasteiger partial charge in [0.25, 0.3) is 0 Å². The van der Waals surface area contributed by atoms with Crippen molar-refractivity contribution >= 4 is 0 Å². The van der Waals surface area contributed by atoms with E-state index in [1.165, 1.54) is 0 Å². The summed E-state index contributed by atoms with van der Waals surface area (Å²) in [6.07, 6.45) is 0.616. The Morgan fingerprint density at radius 3 is 2.08 bits per heavy atom. The van der Waals surface area contributed by atoms with Crippen LogP contribution in [-0.4, -0.2) is 19.0 Å². The van der Waals surface area contributed by atoms with Crippen LogP contribution in [0.5, 0.6) is 0 Å². The second-order valence-electron chi connectivity index (χ2n) is 3.23. The van der Waals surface area contributed by atoms with E-state index in [-0.39, 0.29) is 5.92 Å². The minimum atomic E-state index is -0.599. The first-order valence-electron chi connectivity index (χ1n) is 4.75. The Labute approximate surface area is 80.6 Å². The second-order valence-corrected chi connectivity index (χ2v) is 3.23. The molecule has 0 aromatic carbocycles. The Bertz CT molecular complexity index is 168. The molecule has 1 unspecified atom stereocenters. The highest BCUT2D eigenvalue weighted by Gasteiger charge is 2.27. The molecule has 0 saturated carbocycles. The number of nitrogens with zero attached hydrogens (tertiary/aromatic N) is 1. The summed E-state index contributed by atoms with van der Waals surface area (Å²) in [7, 11) is 0. The molecule has 0 aliphatic carbocycles. The first-order chi connectivity index (χ1) is 6.08. The summed E-state index contributed by atoms with van der Waals surface area (Å²) in [5.74, 6) is -0.637. The molecule has 0 heterocycles. The smallest absolute Gasteiger partial charge is 0.166 e. The van der Waals surface area contributed by atoms with Gasteiger partial charge in [0.05, 0.1) is 6.07 Å². The van der Waals surface area contributed by atoms with Crippen molar-refractivity contribution < 1.29 is 9.47 Å². The van der Waals surface area contributed by atoms with Crippen LogP contribution in [0.25, 0.3) is 0 Å². The van der Waals surface area contributed by atoms with Crippen molar-refractivity contribution in [2.24, 2.45) is 5.92 Å². The maximum absolute atomic E-state index is 8.67. The molecule has 13 heavy (non-hydrogen) atoms. The van der Waals surface area contributed by atoms with Gasteiger partial charge in [-0.25, -0.2) is 0 Å². The quantitative estimate of drug-likeness (QED) is 0.596. The van der Waals surface area contributed by atoms with Gasteiger partial charge in [0, 0.05) is 25.6 Å². The van der Waals surface area contributed by atoms with Crippen molar-refractivity contribution in [1.29, 1.82) is 5.26 Å². The molecule has 0 aromatic heterocycles. The molecule has 0 radical (unpaired) electrons. The molecule has 0 rings (SSSR count). The van der Waals surface area contributed by atoms with E-state index in [0.717, 1.165) is 0 Å². The van der Waals surface area contributed by atoms with Gasteiger partial charge in [0.1, 0.15) is 0 Å². The van der Waals surface area contributed by atoms with Crippen LogP contribution < -0.4 is 0 Å². The molecular formula is C10H19NO2. The molecule has 0 N–H and O–H groups in total. The van der Waals surface area contributed by atoms with Crippen LogP contribution in [0, 0.1) is 17.2 Å². The van der Waals surface area contributed by atoms with Gasteiger partial charge < -0.3 is 9.47 Å².